The second-order valence-electron chi connectivity index (χ2n) is 3.86. The quantitative estimate of drug-likeness (QED) is 0.327. The number of nitrogens with one attached hydrogen (secondary N) is 1. The normalized spacial score (nSPS) is 11.2. The fourth-order valence-corrected chi connectivity index (χ4v) is 1.39. The zero-order chi connectivity index (χ0) is 13.1. The molecule has 2 amide bonds. The van der Waals surface area contributed by atoms with Crippen LogP contribution in [0, 0.1) is 0 Å². The lowest BCUT2D eigenvalue weighted by atomic mass is 10.1. The van der Waals surface area contributed by atoms with E-state index in [9.17, 15) is 9.59 Å². The maximum absolute atomic E-state index is 10.5. The van der Waals surface area contributed by atoms with Crippen LogP contribution in [0.4, 0.5) is 4.79 Å². The third-order valence-corrected chi connectivity index (χ3v) is 2.25. The third kappa shape index (κ3) is 10.7. The number of carbonyl (C=O) groups is 2. The molecule has 0 aromatic carbocycles. The number of carbonyl (C=O) groups excluding carboxylic acids is 1. The second-order valence-corrected chi connectivity index (χ2v) is 3.86. The predicted octanol–water partition coefficient (Wildman–Crippen LogP) is 1.85. The Morgan fingerprint density at radius 1 is 1.18 bits per heavy atom. The summed E-state index contributed by atoms with van der Waals surface area (Å²) in [5.41, 5.74) is 7.92. The molecule has 0 aliphatic carbocycles. The van der Waals surface area contributed by atoms with Crippen molar-refractivity contribution in [1.82, 2.24) is 5.43 Å². The Morgan fingerprint density at radius 3 is 2.35 bits per heavy atom. The summed E-state index contributed by atoms with van der Waals surface area (Å²) < 4.78 is 0. The lowest BCUT2D eigenvalue weighted by molar-refractivity contribution is -0.137. The zero-order valence-electron chi connectivity index (χ0n) is 10.2. The van der Waals surface area contributed by atoms with E-state index in [1.54, 1.807) is 0 Å². The molecule has 0 saturated heterocycles. The molecule has 0 fully saturated rings. The minimum Gasteiger partial charge on any atom is -0.481 e. The van der Waals surface area contributed by atoms with Crippen LogP contribution in [0.2, 0.25) is 0 Å². The van der Waals surface area contributed by atoms with Crippen molar-refractivity contribution in [3.63, 3.8) is 0 Å². The molecule has 0 aliphatic rings. The maximum Gasteiger partial charge on any atom is 0.332 e. The van der Waals surface area contributed by atoms with Gasteiger partial charge >= 0.3 is 12.0 Å². The summed E-state index contributed by atoms with van der Waals surface area (Å²) in [4.78, 5) is 20.9. The van der Waals surface area contributed by atoms with Crippen molar-refractivity contribution in [2.75, 3.05) is 0 Å². The highest BCUT2D eigenvalue weighted by Gasteiger charge is 2.03. The second kappa shape index (κ2) is 9.62. The number of hydrazone groups is 1. The molecule has 6 nitrogen and oxygen atoms in total. The van der Waals surface area contributed by atoms with E-state index in [2.05, 4.69) is 17.5 Å². The van der Waals surface area contributed by atoms with Gasteiger partial charge in [-0.25, -0.2) is 10.2 Å². The molecule has 98 valence electrons. The predicted molar refractivity (Wildman–Crippen MR) is 65.8 cm³/mol. The largest absolute Gasteiger partial charge is 0.481 e. The van der Waals surface area contributed by atoms with Gasteiger partial charge in [0.2, 0.25) is 0 Å². The molecule has 4 N–H and O–H groups in total. The zero-order valence-corrected chi connectivity index (χ0v) is 10.2. The molecule has 0 radical (unpaired) electrons. The van der Waals surface area contributed by atoms with Crippen LogP contribution < -0.4 is 11.2 Å². The van der Waals surface area contributed by atoms with Crippen molar-refractivity contribution in [1.29, 1.82) is 0 Å². The number of hydrogen-bond acceptors (Lipinski definition) is 3. The number of carboxylic acids is 1. The van der Waals surface area contributed by atoms with E-state index in [0.717, 1.165) is 31.4 Å². The molecular formula is C11H21N3O3. The highest BCUT2D eigenvalue weighted by atomic mass is 16.4. The highest BCUT2D eigenvalue weighted by Crippen LogP contribution is 2.06. The number of hydrogen-bond donors (Lipinski definition) is 3. The number of carboxylic acid groups (broad SMARTS) is 1. The van der Waals surface area contributed by atoms with Crippen molar-refractivity contribution >= 4 is 17.7 Å². The summed E-state index contributed by atoms with van der Waals surface area (Å²) in [5, 5.41) is 12.4. The van der Waals surface area contributed by atoms with E-state index >= 15 is 0 Å². The molecule has 0 unspecified atom stereocenters. The number of unbranched alkanes of at least 4 members (excludes halogenated alkanes) is 2. The fraction of sp³-hybridized carbons (Fsp3) is 0.727. The molecule has 0 spiro atoms. The molecule has 17 heavy (non-hydrogen) atoms. The van der Waals surface area contributed by atoms with Gasteiger partial charge in [-0.1, -0.05) is 19.8 Å². The van der Waals surface area contributed by atoms with Crippen molar-refractivity contribution in [2.24, 2.45) is 10.8 Å². The molecule has 0 heterocycles. The Kier molecular flexibility index (Phi) is 8.72. The Morgan fingerprint density at radius 2 is 1.82 bits per heavy atom. The minimum atomic E-state index is -0.819. The number of nitrogens with two attached hydrogens (primary N) is 1. The molecule has 0 atom stereocenters. The first-order valence-electron chi connectivity index (χ1n) is 5.89. The van der Waals surface area contributed by atoms with Gasteiger partial charge in [-0.2, -0.15) is 5.10 Å². The average Bonchev–Trinajstić information content (AvgIpc) is 2.24. The number of rotatable bonds is 9. The van der Waals surface area contributed by atoms with Crippen LogP contribution in [0.25, 0.3) is 0 Å². The lowest BCUT2D eigenvalue weighted by Gasteiger charge is -2.05. The monoisotopic (exact) mass is 243 g/mol. The average molecular weight is 243 g/mol. The summed E-state index contributed by atoms with van der Waals surface area (Å²) in [6.07, 6.45) is 5.18. The first-order chi connectivity index (χ1) is 8.06. The van der Waals surface area contributed by atoms with Gasteiger partial charge in [0, 0.05) is 12.1 Å². The van der Waals surface area contributed by atoms with Crippen LogP contribution in [0.15, 0.2) is 5.10 Å². The smallest absolute Gasteiger partial charge is 0.332 e. The minimum absolute atomic E-state index is 0.114. The van der Waals surface area contributed by atoms with Gasteiger partial charge < -0.3 is 10.8 Å². The van der Waals surface area contributed by atoms with Crippen LogP contribution in [0.3, 0.4) is 0 Å². The number of aliphatic carboxylic acids is 1. The molecule has 0 aromatic rings. The van der Waals surface area contributed by atoms with Crippen molar-refractivity contribution in [3.8, 4) is 0 Å². The maximum atomic E-state index is 10.5. The van der Waals surface area contributed by atoms with Crippen LogP contribution >= 0.6 is 0 Å². The first-order valence-corrected chi connectivity index (χ1v) is 5.89. The molecular weight excluding hydrogens is 222 g/mol. The van der Waals surface area contributed by atoms with Gasteiger partial charge in [-0.3, -0.25) is 4.79 Å². The van der Waals surface area contributed by atoms with Gasteiger partial charge in [-0.05, 0) is 25.7 Å². The van der Waals surface area contributed by atoms with Gasteiger partial charge in [0.15, 0.2) is 0 Å². The van der Waals surface area contributed by atoms with Crippen molar-refractivity contribution < 1.29 is 14.7 Å². The molecule has 0 bridgehead atoms. The van der Waals surface area contributed by atoms with Gasteiger partial charge in [0.25, 0.3) is 0 Å². The topological polar surface area (TPSA) is 105 Å². The standard InChI is InChI=1S/C11H21N3O3/c1-2-3-4-6-9(13-14-11(12)17)7-5-8-10(15)16/h2-8H2,1H3,(H,15,16)(H3,12,14,17). The Bertz CT molecular complexity index is 277. The van der Waals surface area contributed by atoms with Gasteiger partial charge in [0.05, 0.1) is 0 Å². The number of nitrogens with zero attached hydrogens (tertiary/aromatic N) is 1. The summed E-state index contributed by atoms with van der Waals surface area (Å²) >= 11 is 0. The van der Waals surface area contributed by atoms with Crippen LogP contribution in [-0.4, -0.2) is 22.8 Å². The summed E-state index contributed by atoms with van der Waals surface area (Å²) in [5.74, 6) is -0.819. The van der Waals surface area contributed by atoms with E-state index in [1.807, 2.05) is 0 Å². The van der Waals surface area contributed by atoms with Crippen LogP contribution in [-0.2, 0) is 4.79 Å². The summed E-state index contributed by atoms with van der Waals surface area (Å²) in [7, 11) is 0. The van der Waals surface area contributed by atoms with E-state index < -0.39 is 12.0 Å². The number of urea groups is 1. The number of amides is 2. The SMILES string of the molecule is CCCCCC(CCCC(=O)O)=NNC(N)=O. The molecule has 0 rings (SSSR count). The van der Waals surface area contributed by atoms with Crippen molar-refractivity contribution in [3.05, 3.63) is 0 Å². The molecule has 0 saturated carbocycles. The fourth-order valence-electron chi connectivity index (χ4n) is 1.39. The molecule has 6 heteroatoms. The van der Waals surface area contributed by atoms with Crippen LogP contribution in [0.1, 0.15) is 51.9 Å². The number of primary amides is 1. The lowest BCUT2D eigenvalue weighted by Crippen LogP contribution is -2.25. The molecule has 0 aliphatic heterocycles. The van der Waals surface area contributed by atoms with E-state index in [-0.39, 0.29) is 6.42 Å². The van der Waals surface area contributed by atoms with Gasteiger partial charge in [-0.15, -0.1) is 0 Å². The Labute approximate surface area is 101 Å². The highest BCUT2D eigenvalue weighted by molar-refractivity contribution is 5.86. The molecule has 0 aromatic heterocycles. The van der Waals surface area contributed by atoms with Crippen molar-refractivity contribution in [2.45, 2.75) is 51.9 Å². The van der Waals surface area contributed by atoms with E-state index in [0.29, 0.717) is 12.8 Å². The van der Waals surface area contributed by atoms with E-state index in [1.165, 1.54) is 0 Å². The van der Waals surface area contributed by atoms with Crippen LogP contribution in [0.5, 0.6) is 0 Å². The summed E-state index contributed by atoms with van der Waals surface area (Å²) in [6, 6.07) is -0.698. The Hall–Kier alpha value is -1.59. The summed E-state index contributed by atoms with van der Waals surface area (Å²) in [6.45, 7) is 2.10. The third-order valence-electron chi connectivity index (χ3n) is 2.25. The first kappa shape index (κ1) is 15.4. The van der Waals surface area contributed by atoms with Gasteiger partial charge in [0.1, 0.15) is 0 Å². The van der Waals surface area contributed by atoms with E-state index in [4.69, 9.17) is 10.8 Å². The Balaban J connectivity index is 4.05.